The van der Waals surface area contributed by atoms with Gasteiger partial charge in [-0.25, -0.2) is 13.6 Å². The van der Waals surface area contributed by atoms with E-state index in [1.807, 2.05) is 0 Å². The van der Waals surface area contributed by atoms with Crippen LogP contribution in [-0.4, -0.2) is 16.1 Å². The Hall–Kier alpha value is -1.69. The number of aromatic nitrogens is 1. The van der Waals surface area contributed by atoms with Gasteiger partial charge in [0.25, 0.3) is 6.43 Å². The Kier molecular flexibility index (Phi) is 2.97. The summed E-state index contributed by atoms with van der Waals surface area (Å²) >= 11 is 0. The molecular formula is C11H11F2NO3. The number of halogens is 2. The van der Waals surface area contributed by atoms with Crippen LogP contribution in [0.3, 0.4) is 0 Å². The summed E-state index contributed by atoms with van der Waals surface area (Å²) in [5.41, 5.74) is 0.765. The monoisotopic (exact) mass is 243 g/mol. The van der Waals surface area contributed by atoms with Gasteiger partial charge in [0.15, 0.2) is 5.58 Å². The number of oxazole rings is 1. The van der Waals surface area contributed by atoms with Gasteiger partial charge in [0.05, 0.1) is 5.52 Å². The largest absolute Gasteiger partial charge is 0.419 e. The van der Waals surface area contributed by atoms with Crippen LogP contribution in [0.1, 0.15) is 18.6 Å². The number of aliphatic hydroxyl groups is 1. The van der Waals surface area contributed by atoms with E-state index >= 15 is 0 Å². The van der Waals surface area contributed by atoms with E-state index in [0.717, 1.165) is 0 Å². The van der Waals surface area contributed by atoms with Crippen molar-refractivity contribution < 1.29 is 18.3 Å². The third-order valence-electron chi connectivity index (χ3n) is 2.59. The van der Waals surface area contributed by atoms with E-state index in [9.17, 15) is 18.7 Å². The highest BCUT2D eigenvalue weighted by molar-refractivity contribution is 5.73. The molecule has 17 heavy (non-hydrogen) atoms. The lowest BCUT2D eigenvalue weighted by molar-refractivity contribution is -0.00573. The molecule has 0 amide bonds. The molecule has 0 spiro atoms. The van der Waals surface area contributed by atoms with Crippen LogP contribution in [0.25, 0.3) is 11.1 Å². The minimum atomic E-state index is -2.87. The SMILES string of the molecule is CCn1c(=O)oc2cc(C(O)C(F)F)ccc21. The smallest absolute Gasteiger partial charge is 0.408 e. The summed E-state index contributed by atoms with van der Waals surface area (Å²) in [6.45, 7) is 2.21. The van der Waals surface area contributed by atoms with Gasteiger partial charge in [0.1, 0.15) is 6.10 Å². The molecule has 0 aliphatic rings. The molecule has 0 radical (unpaired) electrons. The molecule has 1 aromatic carbocycles. The van der Waals surface area contributed by atoms with Crippen molar-refractivity contribution >= 4 is 11.1 Å². The van der Waals surface area contributed by atoms with Crippen LogP contribution in [0.5, 0.6) is 0 Å². The van der Waals surface area contributed by atoms with Gasteiger partial charge in [0, 0.05) is 6.54 Å². The zero-order valence-electron chi connectivity index (χ0n) is 9.06. The third kappa shape index (κ3) is 1.95. The van der Waals surface area contributed by atoms with Crippen molar-refractivity contribution in [2.24, 2.45) is 0 Å². The van der Waals surface area contributed by atoms with Crippen LogP contribution < -0.4 is 5.76 Å². The van der Waals surface area contributed by atoms with Crippen LogP contribution in [0, 0.1) is 0 Å². The lowest BCUT2D eigenvalue weighted by Crippen LogP contribution is -2.12. The Balaban J connectivity index is 2.56. The van der Waals surface area contributed by atoms with Crippen molar-refractivity contribution in [2.45, 2.75) is 26.0 Å². The highest BCUT2D eigenvalue weighted by Crippen LogP contribution is 2.24. The minimum Gasteiger partial charge on any atom is -0.408 e. The molecule has 2 aromatic rings. The second-order valence-corrected chi connectivity index (χ2v) is 3.62. The summed E-state index contributed by atoms with van der Waals surface area (Å²) in [7, 11) is 0. The normalized spacial score (nSPS) is 13.5. The fourth-order valence-electron chi connectivity index (χ4n) is 1.71. The van der Waals surface area contributed by atoms with Gasteiger partial charge in [-0.05, 0) is 24.6 Å². The first kappa shape index (κ1) is 11.8. The van der Waals surface area contributed by atoms with Gasteiger partial charge in [-0.1, -0.05) is 6.07 Å². The second kappa shape index (κ2) is 4.29. The van der Waals surface area contributed by atoms with Gasteiger partial charge in [0.2, 0.25) is 0 Å². The molecule has 0 aliphatic heterocycles. The molecule has 6 heteroatoms. The molecule has 1 atom stereocenters. The minimum absolute atomic E-state index is 0.0319. The standard InChI is InChI=1S/C11H11F2NO3/c1-2-14-7-4-3-6(9(15)10(12)13)5-8(7)17-11(14)16/h3-5,9-10,15H,2H2,1H3. The molecule has 0 fully saturated rings. The lowest BCUT2D eigenvalue weighted by atomic mass is 10.1. The molecular weight excluding hydrogens is 232 g/mol. The zero-order chi connectivity index (χ0) is 12.6. The molecule has 1 unspecified atom stereocenters. The summed E-state index contributed by atoms with van der Waals surface area (Å²) in [5.74, 6) is -0.536. The number of fused-ring (bicyclic) bond motifs is 1. The van der Waals surface area contributed by atoms with E-state index in [0.29, 0.717) is 12.1 Å². The number of benzene rings is 1. The molecule has 92 valence electrons. The average Bonchev–Trinajstić information content (AvgIpc) is 2.61. The van der Waals surface area contributed by atoms with Crippen molar-refractivity contribution in [2.75, 3.05) is 0 Å². The predicted octanol–water partition coefficient (Wildman–Crippen LogP) is 1.91. The molecule has 4 nitrogen and oxygen atoms in total. The number of rotatable bonds is 3. The van der Waals surface area contributed by atoms with Crippen LogP contribution in [0.15, 0.2) is 27.4 Å². The van der Waals surface area contributed by atoms with E-state index in [1.54, 1.807) is 6.92 Å². The Morgan fingerprint density at radius 3 is 2.76 bits per heavy atom. The highest BCUT2D eigenvalue weighted by atomic mass is 19.3. The first-order valence-corrected chi connectivity index (χ1v) is 5.14. The van der Waals surface area contributed by atoms with Crippen LogP contribution in [0.2, 0.25) is 0 Å². The molecule has 2 rings (SSSR count). The summed E-state index contributed by atoms with van der Waals surface area (Å²) in [4.78, 5) is 11.4. The number of aliphatic hydroxyl groups excluding tert-OH is 1. The summed E-state index contributed by atoms with van der Waals surface area (Å²) < 4.78 is 30.9. The van der Waals surface area contributed by atoms with Crippen LogP contribution >= 0.6 is 0 Å². The highest BCUT2D eigenvalue weighted by Gasteiger charge is 2.20. The first-order chi connectivity index (χ1) is 8.04. The maximum atomic E-state index is 12.3. The molecule has 1 N–H and O–H groups in total. The Morgan fingerprint density at radius 2 is 2.18 bits per heavy atom. The van der Waals surface area contributed by atoms with Crippen molar-refractivity contribution in [1.82, 2.24) is 4.57 Å². The molecule has 0 bridgehead atoms. The van der Waals surface area contributed by atoms with Gasteiger partial charge in [-0.3, -0.25) is 4.57 Å². The topological polar surface area (TPSA) is 55.4 Å². The van der Waals surface area contributed by atoms with E-state index < -0.39 is 18.3 Å². The molecule has 1 aromatic heterocycles. The average molecular weight is 243 g/mol. The number of hydrogen-bond acceptors (Lipinski definition) is 3. The quantitative estimate of drug-likeness (QED) is 0.895. The first-order valence-electron chi connectivity index (χ1n) is 5.14. The molecule has 0 saturated heterocycles. The summed E-state index contributed by atoms with van der Waals surface area (Å²) in [5, 5.41) is 9.21. The van der Waals surface area contributed by atoms with Crippen LogP contribution in [0.4, 0.5) is 8.78 Å². The maximum Gasteiger partial charge on any atom is 0.419 e. The van der Waals surface area contributed by atoms with Crippen molar-refractivity contribution in [3.05, 3.63) is 34.3 Å². The van der Waals surface area contributed by atoms with E-state index in [1.165, 1.54) is 22.8 Å². The van der Waals surface area contributed by atoms with Gasteiger partial charge >= 0.3 is 5.76 Å². The van der Waals surface area contributed by atoms with E-state index in [2.05, 4.69) is 0 Å². The summed E-state index contributed by atoms with van der Waals surface area (Å²) in [6, 6.07) is 4.12. The van der Waals surface area contributed by atoms with Crippen LogP contribution in [-0.2, 0) is 6.54 Å². The van der Waals surface area contributed by atoms with Gasteiger partial charge < -0.3 is 9.52 Å². The lowest BCUT2D eigenvalue weighted by Gasteiger charge is -2.08. The number of aryl methyl sites for hydroxylation is 1. The van der Waals surface area contributed by atoms with Crippen molar-refractivity contribution in [3.63, 3.8) is 0 Å². The fraction of sp³-hybridized carbons (Fsp3) is 0.364. The zero-order valence-corrected chi connectivity index (χ0v) is 9.06. The number of hydrogen-bond donors (Lipinski definition) is 1. The Morgan fingerprint density at radius 1 is 1.47 bits per heavy atom. The van der Waals surface area contributed by atoms with Gasteiger partial charge in [-0.15, -0.1) is 0 Å². The number of nitrogens with zero attached hydrogens (tertiary/aromatic N) is 1. The molecule has 1 heterocycles. The summed E-state index contributed by atoms with van der Waals surface area (Å²) in [6.07, 6.45) is -4.73. The van der Waals surface area contributed by atoms with Gasteiger partial charge in [-0.2, -0.15) is 0 Å². The third-order valence-corrected chi connectivity index (χ3v) is 2.59. The number of alkyl halides is 2. The Bertz CT molecular complexity index is 588. The predicted molar refractivity (Wildman–Crippen MR) is 57.1 cm³/mol. The van der Waals surface area contributed by atoms with Crippen molar-refractivity contribution in [3.8, 4) is 0 Å². The molecule has 0 aliphatic carbocycles. The fourth-order valence-corrected chi connectivity index (χ4v) is 1.71. The maximum absolute atomic E-state index is 12.3. The Labute approximate surface area is 95.1 Å². The second-order valence-electron chi connectivity index (χ2n) is 3.62. The van der Waals surface area contributed by atoms with E-state index in [4.69, 9.17) is 4.42 Å². The molecule has 0 saturated carbocycles. The van der Waals surface area contributed by atoms with Crippen molar-refractivity contribution in [1.29, 1.82) is 0 Å². The van der Waals surface area contributed by atoms with E-state index in [-0.39, 0.29) is 11.1 Å².